The molecule has 0 aromatic heterocycles. The van der Waals surface area contributed by atoms with E-state index in [1.165, 1.54) is 0 Å². The number of ether oxygens (including phenoxy) is 1. The Morgan fingerprint density at radius 1 is 1.28 bits per heavy atom. The maximum Gasteiger partial charge on any atom is 0.303 e. The minimum absolute atomic E-state index is 0.129. The molecule has 0 saturated heterocycles. The maximum atomic E-state index is 10.9. The fourth-order valence-corrected chi connectivity index (χ4v) is 3.87. The number of carbonyl (C=O) groups is 1. The molecule has 1 aliphatic rings. The number of hydrogen-bond acceptors (Lipinski definition) is 6. The van der Waals surface area contributed by atoms with E-state index in [9.17, 15) is 20.2 Å². The molecule has 1 aromatic carbocycles. The molecule has 0 amide bonds. The molecule has 4 atom stereocenters. The molecule has 0 bridgehead atoms. The zero-order chi connectivity index (χ0) is 23.4. The van der Waals surface area contributed by atoms with Gasteiger partial charge in [0.1, 0.15) is 5.60 Å². The summed E-state index contributed by atoms with van der Waals surface area (Å²) in [4.78, 5) is 10.6. The Bertz CT molecular complexity index is 791. The summed E-state index contributed by atoms with van der Waals surface area (Å²) >= 11 is 0. The predicted molar refractivity (Wildman–Crippen MR) is 123 cm³/mol. The maximum absolute atomic E-state index is 10.9. The topological polar surface area (TPSA) is 120 Å². The van der Waals surface area contributed by atoms with Gasteiger partial charge in [-0.25, -0.2) is 0 Å². The van der Waals surface area contributed by atoms with E-state index in [1.807, 2.05) is 55.5 Å². The van der Waals surface area contributed by atoms with Gasteiger partial charge < -0.3 is 25.3 Å². The standard InChI is InChI=1S/C25H35NO6/c1-2-25(30,18-32-17-19-10-6-5-7-11-19)15-14-20-21(23(27)16-22(20)26-31)12-8-3-4-9-13-24(28)29/h3,5-8,10-11,14-15,20-21,23,27,30-31H,2,4,9,12-13,16-18H2,1H3,(H,28,29)/b8-3+,15-14+,26-22-. The van der Waals surface area contributed by atoms with Crippen LogP contribution in [-0.2, 0) is 16.1 Å². The molecule has 7 heteroatoms. The minimum atomic E-state index is -1.17. The van der Waals surface area contributed by atoms with Crippen molar-refractivity contribution in [3.05, 3.63) is 60.2 Å². The van der Waals surface area contributed by atoms with Gasteiger partial charge in [-0.05, 0) is 31.2 Å². The summed E-state index contributed by atoms with van der Waals surface area (Å²) in [6, 6.07) is 9.74. The van der Waals surface area contributed by atoms with Crippen LogP contribution < -0.4 is 0 Å². The van der Waals surface area contributed by atoms with E-state index >= 15 is 0 Å². The number of hydrogen-bond donors (Lipinski definition) is 4. The monoisotopic (exact) mass is 445 g/mol. The van der Waals surface area contributed by atoms with Gasteiger partial charge in [-0.3, -0.25) is 4.79 Å². The van der Waals surface area contributed by atoms with Crippen LogP contribution in [0.4, 0.5) is 0 Å². The van der Waals surface area contributed by atoms with Crippen LogP contribution in [0, 0.1) is 11.8 Å². The van der Waals surface area contributed by atoms with Crippen LogP contribution in [0.1, 0.15) is 51.0 Å². The van der Waals surface area contributed by atoms with Gasteiger partial charge in [0.15, 0.2) is 0 Å². The van der Waals surface area contributed by atoms with Crippen LogP contribution in [0.3, 0.4) is 0 Å². The van der Waals surface area contributed by atoms with Crippen LogP contribution in [0.5, 0.6) is 0 Å². The van der Waals surface area contributed by atoms with Crippen LogP contribution in [0.15, 0.2) is 59.8 Å². The first-order valence-corrected chi connectivity index (χ1v) is 11.2. The van der Waals surface area contributed by atoms with E-state index in [0.29, 0.717) is 38.0 Å². The van der Waals surface area contributed by atoms with Gasteiger partial charge in [0.2, 0.25) is 0 Å². The Hall–Kier alpha value is -2.48. The van der Waals surface area contributed by atoms with Crippen molar-refractivity contribution >= 4 is 11.7 Å². The number of aliphatic carboxylic acids is 1. The lowest BCUT2D eigenvalue weighted by Gasteiger charge is -2.24. The van der Waals surface area contributed by atoms with Gasteiger partial charge in [-0.2, -0.15) is 0 Å². The van der Waals surface area contributed by atoms with E-state index in [-0.39, 0.29) is 31.3 Å². The van der Waals surface area contributed by atoms with E-state index in [0.717, 1.165) is 5.56 Å². The molecule has 1 aromatic rings. The predicted octanol–water partition coefficient (Wildman–Crippen LogP) is 3.93. The first-order valence-electron chi connectivity index (χ1n) is 11.2. The first kappa shape index (κ1) is 25.8. The summed E-state index contributed by atoms with van der Waals surface area (Å²) in [6.45, 7) is 2.40. The van der Waals surface area contributed by atoms with Crippen molar-refractivity contribution in [1.29, 1.82) is 0 Å². The normalized spacial score (nSPS) is 24.5. The van der Waals surface area contributed by atoms with E-state index in [4.69, 9.17) is 9.84 Å². The second-order valence-electron chi connectivity index (χ2n) is 8.34. The zero-order valence-corrected chi connectivity index (χ0v) is 18.6. The lowest BCUT2D eigenvalue weighted by molar-refractivity contribution is -0.137. The third-order valence-corrected chi connectivity index (χ3v) is 5.91. The van der Waals surface area contributed by atoms with Crippen molar-refractivity contribution in [2.24, 2.45) is 17.0 Å². The Morgan fingerprint density at radius 2 is 2.03 bits per heavy atom. The van der Waals surface area contributed by atoms with Crippen LogP contribution >= 0.6 is 0 Å². The Balaban J connectivity index is 1.97. The minimum Gasteiger partial charge on any atom is -0.481 e. The quantitative estimate of drug-likeness (QED) is 0.158. The summed E-state index contributed by atoms with van der Waals surface area (Å²) in [7, 11) is 0. The number of rotatable bonds is 13. The summed E-state index contributed by atoms with van der Waals surface area (Å²) in [5, 5.41) is 42.9. The molecule has 176 valence electrons. The molecule has 4 unspecified atom stereocenters. The van der Waals surface area contributed by atoms with Crippen LogP contribution in [-0.4, -0.2) is 50.5 Å². The molecule has 1 fully saturated rings. The van der Waals surface area contributed by atoms with Crippen molar-refractivity contribution in [3.63, 3.8) is 0 Å². The molecular weight excluding hydrogens is 410 g/mol. The number of allylic oxidation sites excluding steroid dienone is 3. The Kier molecular flexibility index (Phi) is 10.6. The SMILES string of the molecule is CCC(O)(/C=C/C1/C(=N\O)CC(O)C1C/C=C/CCCC(=O)O)COCc1ccccc1. The lowest BCUT2D eigenvalue weighted by atomic mass is 9.88. The fourth-order valence-electron chi connectivity index (χ4n) is 3.87. The Morgan fingerprint density at radius 3 is 2.69 bits per heavy atom. The van der Waals surface area contributed by atoms with Crippen LogP contribution in [0.25, 0.3) is 0 Å². The average Bonchev–Trinajstić information content (AvgIpc) is 3.09. The summed E-state index contributed by atoms with van der Waals surface area (Å²) in [5.41, 5.74) is 0.348. The van der Waals surface area contributed by atoms with Crippen molar-refractivity contribution in [1.82, 2.24) is 0 Å². The van der Waals surface area contributed by atoms with Crippen molar-refractivity contribution < 1.29 is 30.1 Å². The highest BCUT2D eigenvalue weighted by Crippen LogP contribution is 2.35. The van der Waals surface area contributed by atoms with Crippen molar-refractivity contribution in [2.45, 2.75) is 63.8 Å². The van der Waals surface area contributed by atoms with Gasteiger partial charge in [0, 0.05) is 24.7 Å². The van der Waals surface area contributed by atoms with Gasteiger partial charge in [0.25, 0.3) is 0 Å². The molecule has 0 heterocycles. The molecule has 1 saturated carbocycles. The highest BCUT2D eigenvalue weighted by atomic mass is 16.5. The first-order chi connectivity index (χ1) is 15.4. The van der Waals surface area contributed by atoms with Crippen LogP contribution in [0.2, 0.25) is 0 Å². The number of nitrogens with zero attached hydrogens (tertiary/aromatic N) is 1. The third-order valence-electron chi connectivity index (χ3n) is 5.91. The number of unbranched alkanes of at least 4 members (excludes halogenated alkanes) is 1. The fraction of sp³-hybridized carbons (Fsp3) is 0.520. The lowest BCUT2D eigenvalue weighted by Crippen LogP contribution is -2.32. The molecule has 32 heavy (non-hydrogen) atoms. The zero-order valence-electron chi connectivity index (χ0n) is 18.6. The number of carboxylic acids is 1. The summed E-state index contributed by atoms with van der Waals surface area (Å²) in [6.07, 6.45) is 9.36. The number of benzene rings is 1. The van der Waals surface area contributed by atoms with Gasteiger partial charge in [0.05, 0.1) is 25.0 Å². The molecular formula is C25H35NO6. The summed E-state index contributed by atoms with van der Waals surface area (Å²) < 4.78 is 5.73. The third kappa shape index (κ3) is 8.22. The number of oxime groups is 1. The highest BCUT2D eigenvalue weighted by molar-refractivity contribution is 5.90. The molecule has 1 aliphatic carbocycles. The van der Waals surface area contributed by atoms with Crippen molar-refractivity contribution in [2.75, 3.05) is 6.61 Å². The van der Waals surface area contributed by atoms with E-state index < -0.39 is 17.7 Å². The van der Waals surface area contributed by atoms with E-state index in [1.54, 1.807) is 6.08 Å². The number of carboxylic acid groups (broad SMARTS) is 1. The molecule has 7 nitrogen and oxygen atoms in total. The van der Waals surface area contributed by atoms with Crippen molar-refractivity contribution in [3.8, 4) is 0 Å². The molecule has 0 aliphatic heterocycles. The smallest absolute Gasteiger partial charge is 0.303 e. The van der Waals surface area contributed by atoms with Gasteiger partial charge >= 0.3 is 5.97 Å². The summed E-state index contributed by atoms with van der Waals surface area (Å²) in [5.74, 6) is -1.29. The Labute approximate surface area is 189 Å². The molecule has 0 spiro atoms. The number of aliphatic hydroxyl groups excluding tert-OH is 1. The second-order valence-corrected chi connectivity index (χ2v) is 8.34. The molecule has 4 N–H and O–H groups in total. The largest absolute Gasteiger partial charge is 0.481 e. The molecule has 2 rings (SSSR count). The number of aliphatic hydroxyl groups is 2. The van der Waals surface area contributed by atoms with Gasteiger partial charge in [-0.1, -0.05) is 66.7 Å². The average molecular weight is 446 g/mol. The molecule has 0 radical (unpaired) electrons. The highest BCUT2D eigenvalue weighted by Gasteiger charge is 2.38. The second kappa shape index (κ2) is 13.2. The van der Waals surface area contributed by atoms with E-state index in [2.05, 4.69) is 5.16 Å². The van der Waals surface area contributed by atoms with Gasteiger partial charge in [-0.15, -0.1) is 0 Å².